The fraction of sp³-hybridized carbons (Fsp3) is 0.105. The number of fused-ring (bicyclic) bond motifs is 1. The van der Waals surface area contributed by atoms with Crippen molar-refractivity contribution in [2.75, 3.05) is 0 Å². The summed E-state index contributed by atoms with van der Waals surface area (Å²) in [6, 6.07) is 20.9. The van der Waals surface area contributed by atoms with Gasteiger partial charge in [-0.3, -0.25) is 0 Å². The third-order valence-electron chi connectivity index (χ3n) is 3.50. The third-order valence-corrected chi connectivity index (χ3v) is 4.67. The first-order valence-electron chi connectivity index (χ1n) is 7.00. The molecule has 0 fully saturated rings. The smallest absolute Gasteiger partial charge is 0.0998 e. The van der Waals surface area contributed by atoms with Crippen molar-refractivity contribution in [1.29, 1.82) is 5.26 Å². The van der Waals surface area contributed by atoms with Crippen LogP contribution in [0.1, 0.15) is 22.2 Å². The standard InChI is InChI=1S/C19H15NS/c1-2-18-9-10-19(21-18)12-17(13-20)16-8-7-14-5-3-4-6-15(14)11-16/h3-12H,2H2,1H3/b17-12+. The summed E-state index contributed by atoms with van der Waals surface area (Å²) >= 11 is 1.75. The van der Waals surface area contributed by atoms with E-state index < -0.39 is 0 Å². The lowest BCUT2D eigenvalue weighted by molar-refractivity contribution is 1.19. The van der Waals surface area contributed by atoms with Crippen LogP contribution in [-0.2, 0) is 6.42 Å². The van der Waals surface area contributed by atoms with Crippen molar-refractivity contribution in [2.45, 2.75) is 13.3 Å². The van der Waals surface area contributed by atoms with Crippen LogP contribution in [0.25, 0.3) is 22.4 Å². The molecule has 0 spiro atoms. The number of thiophene rings is 1. The summed E-state index contributed by atoms with van der Waals surface area (Å²) in [5.41, 5.74) is 1.69. The summed E-state index contributed by atoms with van der Waals surface area (Å²) < 4.78 is 0. The topological polar surface area (TPSA) is 23.8 Å². The summed E-state index contributed by atoms with van der Waals surface area (Å²) in [5.74, 6) is 0. The zero-order chi connectivity index (χ0) is 14.7. The van der Waals surface area contributed by atoms with Gasteiger partial charge in [0.1, 0.15) is 0 Å². The van der Waals surface area contributed by atoms with Gasteiger partial charge in [-0.15, -0.1) is 11.3 Å². The molecule has 0 saturated heterocycles. The van der Waals surface area contributed by atoms with Crippen molar-refractivity contribution in [3.8, 4) is 6.07 Å². The van der Waals surface area contributed by atoms with E-state index in [4.69, 9.17) is 0 Å². The molecule has 102 valence electrons. The minimum atomic E-state index is 0.713. The first-order chi connectivity index (χ1) is 10.3. The number of benzene rings is 2. The second-order valence-electron chi connectivity index (χ2n) is 4.89. The lowest BCUT2D eigenvalue weighted by atomic mass is 10.0. The Morgan fingerprint density at radius 2 is 1.90 bits per heavy atom. The van der Waals surface area contributed by atoms with Crippen LogP contribution in [0.3, 0.4) is 0 Å². The van der Waals surface area contributed by atoms with Crippen molar-refractivity contribution in [1.82, 2.24) is 0 Å². The second-order valence-corrected chi connectivity index (χ2v) is 6.09. The molecule has 0 aliphatic heterocycles. The van der Waals surface area contributed by atoms with Crippen molar-refractivity contribution in [2.24, 2.45) is 0 Å². The Hall–Kier alpha value is -2.37. The molecule has 21 heavy (non-hydrogen) atoms. The molecule has 0 bridgehead atoms. The SMILES string of the molecule is CCc1ccc(/C=C(\C#N)c2ccc3ccccc3c2)s1. The Morgan fingerprint density at radius 3 is 2.62 bits per heavy atom. The van der Waals surface area contributed by atoms with Crippen molar-refractivity contribution < 1.29 is 0 Å². The van der Waals surface area contributed by atoms with Crippen LogP contribution in [0.2, 0.25) is 0 Å². The van der Waals surface area contributed by atoms with Crippen LogP contribution in [0, 0.1) is 11.3 Å². The molecule has 3 aromatic rings. The number of hydrogen-bond donors (Lipinski definition) is 0. The summed E-state index contributed by atoms with van der Waals surface area (Å²) in [5, 5.41) is 11.8. The predicted octanol–water partition coefficient (Wildman–Crippen LogP) is 5.53. The molecule has 0 aliphatic rings. The summed E-state index contributed by atoms with van der Waals surface area (Å²) in [6.45, 7) is 2.15. The summed E-state index contributed by atoms with van der Waals surface area (Å²) in [4.78, 5) is 2.48. The van der Waals surface area contributed by atoms with Gasteiger partial charge in [0.05, 0.1) is 11.6 Å². The number of nitriles is 1. The largest absolute Gasteiger partial charge is 0.192 e. The van der Waals surface area contributed by atoms with Gasteiger partial charge in [-0.1, -0.05) is 43.3 Å². The van der Waals surface area contributed by atoms with Crippen LogP contribution in [0.4, 0.5) is 0 Å². The van der Waals surface area contributed by atoms with Crippen molar-refractivity contribution in [3.63, 3.8) is 0 Å². The van der Waals surface area contributed by atoms with E-state index in [2.05, 4.69) is 49.4 Å². The Kier molecular flexibility index (Phi) is 3.85. The van der Waals surface area contributed by atoms with Gasteiger partial charge >= 0.3 is 0 Å². The van der Waals surface area contributed by atoms with Crippen molar-refractivity contribution >= 4 is 33.8 Å². The lowest BCUT2D eigenvalue weighted by Crippen LogP contribution is -1.82. The van der Waals surface area contributed by atoms with Crippen LogP contribution >= 0.6 is 11.3 Å². The fourth-order valence-corrected chi connectivity index (χ4v) is 3.24. The van der Waals surface area contributed by atoms with Gasteiger partial charge in [0.15, 0.2) is 0 Å². The van der Waals surface area contributed by atoms with Gasteiger partial charge in [0.25, 0.3) is 0 Å². The van der Waals surface area contributed by atoms with Crippen LogP contribution < -0.4 is 0 Å². The highest BCUT2D eigenvalue weighted by Gasteiger charge is 2.04. The fourth-order valence-electron chi connectivity index (χ4n) is 2.34. The Labute approximate surface area is 128 Å². The first-order valence-corrected chi connectivity index (χ1v) is 7.81. The molecule has 0 radical (unpaired) electrons. The monoisotopic (exact) mass is 289 g/mol. The zero-order valence-corrected chi connectivity index (χ0v) is 12.7. The van der Waals surface area contributed by atoms with E-state index in [1.807, 2.05) is 24.3 Å². The van der Waals surface area contributed by atoms with E-state index in [-0.39, 0.29) is 0 Å². The molecule has 0 atom stereocenters. The molecular weight excluding hydrogens is 274 g/mol. The normalized spacial score (nSPS) is 11.5. The Bertz CT molecular complexity index is 849. The molecule has 0 unspecified atom stereocenters. The highest BCUT2D eigenvalue weighted by atomic mass is 32.1. The summed E-state index contributed by atoms with van der Waals surface area (Å²) in [7, 11) is 0. The number of allylic oxidation sites excluding steroid dienone is 1. The third kappa shape index (κ3) is 2.89. The molecule has 2 aromatic carbocycles. The number of hydrogen-bond acceptors (Lipinski definition) is 2. The minimum Gasteiger partial charge on any atom is -0.192 e. The molecule has 0 saturated carbocycles. The zero-order valence-electron chi connectivity index (χ0n) is 11.8. The van der Waals surface area contributed by atoms with E-state index in [0.29, 0.717) is 5.57 Å². The Morgan fingerprint density at radius 1 is 1.10 bits per heavy atom. The van der Waals surface area contributed by atoms with Crippen LogP contribution in [0.5, 0.6) is 0 Å². The van der Waals surface area contributed by atoms with E-state index in [0.717, 1.165) is 22.2 Å². The lowest BCUT2D eigenvalue weighted by Gasteiger charge is -2.02. The van der Waals surface area contributed by atoms with Gasteiger partial charge in [0.2, 0.25) is 0 Å². The maximum atomic E-state index is 9.46. The second kappa shape index (κ2) is 5.95. The molecule has 0 N–H and O–H groups in total. The average molecular weight is 289 g/mol. The molecule has 0 aliphatic carbocycles. The highest BCUT2D eigenvalue weighted by molar-refractivity contribution is 7.12. The number of nitrogens with zero attached hydrogens (tertiary/aromatic N) is 1. The van der Waals surface area contributed by atoms with E-state index in [1.165, 1.54) is 10.3 Å². The van der Waals surface area contributed by atoms with Gasteiger partial charge in [-0.05, 0) is 47.0 Å². The maximum Gasteiger partial charge on any atom is 0.0998 e. The number of rotatable bonds is 3. The van der Waals surface area contributed by atoms with E-state index in [1.54, 1.807) is 11.3 Å². The molecule has 0 amide bonds. The van der Waals surface area contributed by atoms with Crippen LogP contribution in [-0.4, -0.2) is 0 Å². The van der Waals surface area contributed by atoms with Gasteiger partial charge in [-0.25, -0.2) is 0 Å². The molecule has 1 aromatic heterocycles. The van der Waals surface area contributed by atoms with E-state index in [9.17, 15) is 5.26 Å². The predicted molar refractivity (Wildman–Crippen MR) is 91.1 cm³/mol. The van der Waals surface area contributed by atoms with Crippen LogP contribution in [0.15, 0.2) is 54.6 Å². The quantitative estimate of drug-likeness (QED) is 0.582. The maximum absolute atomic E-state index is 9.46. The molecular formula is C19H15NS. The van der Waals surface area contributed by atoms with Gasteiger partial charge < -0.3 is 0 Å². The summed E-state index contributed by atoms with van der Waals surface area (Å²) in [6.07, 6.45) is 3.02. The molecule has 2 heteroatoms. The van der Waals surface area contributed by atoms with Gasteiger partial charge in [-0.2, -0.15) is 5.26 Å². The molecule has 1 heterocycles. The average Bonchev–Trinajstić information content (AvgIpc) is 3.00. The Balaban J connectivity index is 2.03. The molecule has 3 rings (SSSR count). The minimum absolute atomic E-state index is 0.713. The first kappa shape index (κ1) is 13.6. The van der Waals surface area contributed by atoms with Gasteiger partial charge in [0, 0.05) is 9.75 Å². The van der Waals surface area contributed by atoms with Crippen molar-refractivity contribution in [3.05, 3.63) is 69.9 Å². The molecule has 1 nitrogen and oxygen atoms in total. The highest BCUT2D eigenvalue weighted by Crippen LogP contribution is 2.25. The number of aryl methyl sites for hydroxylation is 1. The van der Waals surface area contributed by atoms with E-state index >= 15 is 0 Å².